The number of nitrogens with zero attached hydrogens (tertiary/aromatic N) is 2. The van der Waals surface area contributed by atoms with Gasteiger partial charge >= 0.3 is 0 Å². The third kappa shape index (κ3) is 4.48. The van der Waals surface area contributed by atoms with Gasteiger partial charge in [0.05, 0.1) is 17.1 Å². The molecule has 3 heteroatoms. The Balaban J connectivity index is 1.14. The summed E-state index contributed by atoms with van der Waals surface area (Å²) in [6.07, 6.45) is 0. The molecule has 0 bridgehead atoms. The van der Waals surface area contributed by atoms with Crippen LogP contribution < -0.4 is 14.5 Å². The van der Waals surface area contributed by atoms with Crippen LogP contribution in [0.5, 0.6) is 11.5 Å². The highest BCUT2D eigenvalue weighted by molar-refractivity contribution is 6.25. The number of benzene rings is 9. The van der Waals surface area contributed by atoms with Crippen LogP contribution in [0.25, 0.3) is 43.4 Å². The second-order valence-corrected chi connectivity index (χ2v) is 15.0. The normalized spacial score (nSPS) is 13.6. The molecule has 3 nitrogen and oxygen atoms in total. The summed E-state index contributed by atoms with van der Waals surface area (Å²) in [5.74, 6) is 1.76. The SMILES string of the molecule is CC1(C)c2cc(N(c3ccc(-c4ccccc4)cc3)c3ccc4c5ccccc5c5ccccc5c4c3)ccc2N2c3ccccc3Oc3cccc1c32. The number of anilines is 6. The molecule has 0 radical (unpaired) electrons. The minimum atomic E-state index is -0.288. The molecule has 11 rings (SSSR count). The predicted molar refractivity (Wildman–Crippen MR) is 226 cm³/mol. The Hall–Kier alpha value is -6.84. The molecule has 9 aromatic rings. The highest BCUT2D eigenvalue weighted by atomic mass is 16.5. The van der Waals surface area contributed by atoms with Crippen molar-refractivity contribution in [3.63, 3.8) is 0 Å². The van der Waals surface area contributed by atoms with Crippen molar-refractivity contribution in [3.8, 4) is 22.6 Å². The summed E-state index contributed by atoms with van der Waals surface area (Å²) in [5.41, 5.74) is 11.3. The van der Waals surface area contributed by atoms with Crippen LogP contribution in [0.4, 0.5) is 34.1 Å². The fourth-order valence-electron chi connectivity index (χ4n) is 8.98. The van der Waals surface area contributed by atoms with Crippen LogP contribution in [0.15, 0.2) is 182 Å². The van der Waals surface area contributed by atoms with E-state index < -0.39 is 0 Å². The summed E-state index contributed by atoms with van der Waals surface area (Å²) in [6, 6.07) is 66.1. The molecule has 0 aliphatic carbocycles. The first-order valence-electron chi connectivity index (χ1n) is 18.7. The largest absolute Gasteiger partial charge is 0.453 e. The lowest BCUT2D eigenvalue weighted by atomic mass is 9.73. The van der Waals surface area contributed by atoms with Gasteiger partial charge in [0.2, 0.25) is 0 Å². The molecular weight excluding hydrogens is 657 g/mol. The first kappa shape index (κ1) is 30.8. The van der Waals surface area contributed by atoms with Crippen molar-refractivity contribution in [2.75, 3.05) is 9.80 Å². The van der Waals surface area contributed by atoms with Crippen LogP contribution in [0.3, 0.4) is 0 Å². The Labute approximate surface area is 314 Å². The lowest BCUT2D eigenvalue weighted by molar-refractivity contribution is 0.471. The summed E-state index contributed by atoms with van der Waals surface area (Å²) < 4.78 is 6.49. The molecule has 0 N–H and O–H groups in total. The Morgan fingerprint density at radius 1 is 0.407 bits per heavy atom. The molecule has 0 fully saturated rings. The zero-order chi connectivity index (χ0) is 36.0. The van der Waals surface area contributed by atoms with Gasteiger partial charge in [-0.1, -0.05) is 135 Å². The predicted octanol–water partition coefficient (Wildman–Crippen LogP) is 14.5. The zero-order valence-corrected chi connectivity index (χ0v) is 30.1. The van der Waals surface area contributed by atoms with E-state index in [1.165, 1.54) is 60.3 Å². The van der Waals surface area contributed by atoms with Gasteiger partial charge < -0.3 is 14.5 Å². The van der Waals surface area contributed by atoms with Crippen LogP contribution in [-0.4, -0.2) is 0 Å². The van der Waals surface area contributed by atoms with E-state index in [1.807, 2.05) is 6.07 Å². The van der Waals surface area contributed by atoms with Gasteiger partial charge in [-0.15, -0.1) is 0 Å². The third-order valence-corrected chi connectivity index (χ3v) is 11.6. The molecule has 0 aromatic heterocycles. The molecule has 0 unspecified atom stereocenters. The summed E-state index contributed by atoms with van der Waals surface area (Å²) in [7, 11) is 0. The molecule has 9 aromatic carbocycles. The fourth-order valence-corrected chi connectivity index (χ4v) is 8.98. The van der Waals surface area contributed by atoms with E-state index in [0.29, 0.717) is 0 Å². The standard InChI is InChI=1S/C51H36N2O/c1-51(2)44-19-12-22-49-50(44)53(47-20-10-11-21-48(47)54-49)46-30-28-37(32-45(46)51)52(35-25-23-34(24-26-35)33-13-4-3-5-14-33)36-27-29-42-40-17-7-6-15-38(40)39-16-8-9-18-41(39)43(42)31-36/h3-32H,1-2H3. The van der Waals surface area contributed by atoms with Gasteiger partial charge in [-0.25, -0.2) is 0 Å². The van der Waals surface area contributed by atoms with Crippen molar-refractivity contribution in [1.82, 2.24) is 0 Å². The maximum atomic E-state index is 6.49. The number of hydrogen-bond donors (Lipinski definition) is 0. The monoisotopic (exact) mass is 692 g/mol. The average Bonchev–Trinajstić information content (AvgIpc) is 3.23. The molecule has 0 atom stereocenters. The van der Waals surface area contributed by atoms with Crippen molar-refractivity contribution in [3.05, 3.63) is 193 Å². The van der Waals surface area contributed by atoms with Gasteiger partial charge in [-0.2, -0.15) is 0 Å². The second-order valence-electron chi connectivity index (χ2n) is 15.0. The van der Waals surface area contributed by atoms with Crippen molar-refractivity contribution < 1.29 is 4.74 Å². The molecular formula is C51H36N2O. The Bertz CT molecular complexity index is 2910. The minimum absolute atomic E-state index is 0.288. The van der Waals surface area contributed by atoms with E-state index in [2.05, 4.69) is 200 Å². The zero-order valence-electron chi connectivity index (χ0n) is 30.1. The van der Waals surface area contributed by atoms with E-state index in [0.717, 1.165) is 39.9 Å². The first-order valence-corrected chi connectivity index (χ1v) is 18.7. The smallest absolute Gasteiger partial charge is 0.151 e. The maximum Gasteiger partial charge on any atom is 0.151 e. The van der Waals surface area contributed by atoms with Gasteiger partial charge in [0.15, 0.2) is 11.5 Å². The van der Waals surface area contributed by atoms with Crippen molar-refractivity contribution in [2.45, 2.75) is 19.3 Å². The van der Waals surface area contributed by atoms with E-state index in [9.17, 15) is 0 Å². The number of ether oxygens (including phenoxy) is 1. The van der Waals surface area contributed by atoms with E-state index in [1.54, 1.807) is 0 Å². The summed E-state index contributed by atoms with van der Waals surface area (Å²) >= 11 is 0. The Morgan fingerprint density at radius 3 is 1.70 bits per heavy atom. The highest BCUT2D eigenvalue weighted by Crippen LogP contribution is 2.60. The van der Waals surface area contributed by atoms with E-state index in [4.69, 9.17) is 4.74 Å². The number of rotatable bonds is 4. The minimum Gasteiger partial charge on any atom is -0.453 e. The van der Waals surface area contributed by atoms with Crippen molar-refractivity contribution in [2.24, 2.45) is 0 Å². The molecule has 0 saturated heterocycles. The molecule has 0 spiro atoms. The lowest BCUT2D eigenvalue weighted by Crippen LogP contribution is -2.32. The summed E-state index contributed by atoms with van der Waals surface area (Å²) in [6.45, 7) is 4.69. The van der Waals surface area contributed by atoms with Gasteiger partial charge in [-0.3, -0.25) is 0 Å². The quantitative estimate of drug-likeness (QED) is 0.171. The van der Waals surface area contributed by atoms with Gasteiger partial charge in [0.25, 0.3) is 0 Å². The highest BCUT2D eigenvalue weighted by Gasteiger charge is 2.41. The number of fused-ring (bicyclic) bond motifs is 10. The Morgan fingerprint density at radius 2 is 0.963 bits per heavy atom. The molecule has 0 amide bonds. The van der Waals surface area contributed by atoms with E-state index in [-0.39, 0.29) is 5.41 Å². The summed E-state index contributed by atoms with van der Waals surface area (Å²) in [5, 5.41) is 7.60. The van der Waals surface area contributed by atoms with Gasteiger partial charge in [0, 0.05) is 22.5 Å². The van der Waals surface area contributed by atoms with Gasteiger partial charge in [-0.05, 0) is 115 Å². The third-order valence-electron chi connectivity index (χ3n) is 11.6. The molecule has 54 heavy (non-hydrogen) atoms. The molecule has 2 heterocycles. The first-order chi connectivity index (χ1) is 26.5. The van der Waals surface area contributed by atoms with Crippen LogP contribution in [0.1, 0.15) is 25.0 Å². The second kappa shape index (κ2) is 11.6. The van der Waals surface area contributed by atoms with Crippen LogP contribution in [0, 0.1) is 0 Å². The van der Waals surface area contributed by atoms with E-state index >= 15 is 0 Å². The molecule has 256 valence electrons. The molecule has 2 aliphatic rings. The number of para-hydroxylation sites is 3. The van der Waals surface area contributed by atoms with Crippen LogP contribution >= 0.6 is 0 Å². The van der Waals surface area contributed by atoms with Crippen LogP contribution in [0.2, 0.25) is 0 Å². The topological polar surface area (TPSA) is 15.7 Å². The lowest BCUT2D eigenvalue weighted by Gasteiger charge is -2.45. The molecule has 2 aliphatic heterocycles. The fraction of sp³-hybridized carbons (Fsp3) is 0.0588. The maximum absolute atomic E-state index is 6.49. The van der Waals surface area contributed by atoms with Crippen LogP contribution in [-0.2, 0) is 5.41 Å². The molecule has 0 saturated carbocycles. The van der Waals surface area contributed by atoms with Crippen molar-refractivity contribution >= 4 is 66.4 Å². The summed E-state index contributed by atoms with van der Waals surface area (Å²) in [4.78, 5) is 4.83. The average molecular weight is 693 g/mol. The Kier molecular flexibility index (Phi) is 6.60. The number of hydrogen-bond acceptors (Lipinski definition) is 3. The van der Waals surface area contributed by atoms with Gasteiger partial charge in [0.1, 0.15) is 0 Å². The van der Waals surface area contributed by atoms with Crippen molar-refractivity contribution in [1.29, 1.82) is 0 Å².